The van der Waals surface area contributed by atoms with Crippen molar-refractivity contribution in [1.29, 1.82) is 0 Å². The molecule has 1 aliphatic heterocycles. The number of para-hydroxylation sites is 1. The van der Waals surface area contributed by atoms with Gasteiger partial charge in [-0.1, -0.05) is 19.9 Å². The second-order valence-corrected chi connectivity index (χ2v) is 12.1. The highest BCUT2D eigenvalue weighted by Crippen LogP contribution is 2.34. The summed E-state index contributed by atoms with van der Waals surface area (Å²) in [4.78, 5) is 24.6. The predicted octanol–water partition coefficient (Wildman–Crippen LogP) is 5.05. The predicted molar refractivity (Wildman–Crippen MR) is 139 cm³/mol. The molecule has 0 spiro atoms. The largest absolute Gasteiger partial charge is 0.390 e. The van der Waals surface area contributed by atoms with E-state index >= 15 is 0 Å². The van der Waals surface area contributed by atoms with Crippen molar-refractivity contribution in [3.05, 3.63) is 46.9 Å². The van der Waals surface area contributed by atoms with Crippen molar-refractivity contribution in [3.8, 4) is 0 Å². The molecule has 3 heterocycles. The molecule has 1 amide bonds. The van der Waals surface area contributed by atoms with Crippen LogP contribution in [0, 0.1) is 5.92 Å². The number of amides is 1. The average molecular weight is 515 g/mol. The maximum absolute atomic E-state index is 13.3. The highest BCUT2D eigenvalue weighted by Gasteiger charge is 2.35. The van der Waals surface area contributed by atoms with Gasteiger partial charge in [0.25, 0.3) is 5.91 Å². The third-order valence-electron chi connectivity index (χ3n) is 6.21. The third-order valence-corrected chi connectivity index (χ3v) is 9.00. The molecule has 5 rings (SSSR count). The van der Waals surface area contributed by atoms with E-state index < -0.39 is 16.6 Å². The SMILES string of the molecule is CC(C)CC1(O)CCN(C(=O)c2ccc(NS(=O)c3cccc4scnc34)c3scnc23)CC1. The Morgan fingerprint density at radius 1 is 1.15 bits per heavy atom. The first-order chi connectivity index (χ1) is 16.3. The summed E-state index contributed by atoms with van der Waals surface area (Å²) in [6, 6.07) is 9.19. The molecule has 2 aromatic heterocycles. The van der Waals surface area contributed by atoms with Crippen LogP contribution in [0.3, 0.4) is 0 Å². The first-order valence-corrected chi connectivity index (χ1v) is 14.1. The molecule has 178 valence electrons. The zero-order valence-corrected chi connectivity index (χ0v) is 21.4. The summed E-state index contributed by atoms with van der Waals surface area (Å²) in [6.07, 6.45) is 1.91. The van der Waals surface area contributed by atoms with Crippen molar-refractivity contribution in [2.24, 2.45) is 5.92 Å². The number of fused-ring (bicyclic) bond motifs is 2. The summed E-state index contributed by atoms with van der Waals surface area (Å²) in [5, 5.41) is 10.8. The number of nitrogens with one attached hydrogen (secondary N) is 1. The van der Waals surface area contributed by atoms with Crippen LogP contribution in [0.4, 0.5) is 5.69 Å². The molecular formula is C24H26N4O3S3. The Morgan fingerprint density at radius 2 is 1.88 bits per heavy atom. The van der Waals surface area contributed by atoms with Gasteiger partial charge in [-0.3, -0.25) is 9.52 Å². The summed E-state index contributed by atoms with van der Waals surface area (Å²) < 4.78 is 18.0. The maximum Gasteiger partial charge on any atom is 0.256 e. The number of piperidine rings is 1. The van der Waals surface area contributed by atoms with Crippen LogP contribution in [-0.2, 0) is 11.0 Å². The summed E-state index contributed by atoms with van der Waals surface area (Å²) in [7, 11) is -1.51. The Hall–Kier alpha value is -2.40. The molecule has 1 aliphatic rings. The number of rotatable bonds is 6. The summed E-state index contributed by atoms with van der Waals surface area (Å²) in [5.74, 6) is 0.331. The minimum atomic E-state index is -1.51. The van der Waals surface area contributed by atoms with Crippen LogP contribution < -0.4 is 4.72 Å². The third kappa shape index (κ3) is 4.47. The number of aromatic nitrogens is 2. The average Bonchev–Trinajstić information content (AvgIpc) is 3.48. The Balaban J connectivity index is 1.37. The minimum absolute atomic E-state index is 0.0811. The number of aliphatic hydroxyl groups is 1. The zero-order chi connectivity index (χ0) is 23.9. The van der Waals surface area contributed by atoms with Crippen LogP contribution in [0.2, 0.25) is 0 Å². The van der Waals surface area contributed by atoms with Crippen molar-refractivity contribution in [2.75, 3.05) is 17.8 Å². The van der Waals surface area contributed by atoms with Gasteiger partial charge in [-0.05, 0) is 49.4 Å². The van der Waals surface area contributed by atoms with Gasteiger partial charge in [-0.15, -0.1) is 22.7 Å². The molecular weight excluding hydrogens is 488 g/mol. The molecule has 0 radical (unpaired) electrons. The number of likely N-dealkylation sites (tertiary alicyclic amines) is 1. The van der Waals surface area contributed by atoms with E-state index in [4.69, 9.17) is 0 Å². The molecule has 2 N–H and O–H groups in total. The number of hydrogen-bond donors (Lipinski definition) is 2. The molecule has 0 aliphatic carbocycles. The van der Waals surface area contributed by atoms with Crippen LogP contribution in [0.1, 0.15) is 43.5 Å². The van der Waals surface area contributed by atoms with Crippen LogP contribution in [0.25, 0.3) is 20.4 Å². The van der Waals surface area contributed by atoms with E-state index in [0.717, 1.165) is 21.3 Å². The molecule has 0 saturated carbocycles. The van der Waals surface area contributed by atoms with Crippen molar-refractivity contribution < 1.29 is 14.1 Å². The zero-order valence-electron chi connectivity index (χ0n) is 19.0. The molecule has 1 saturated heterocycles. The van der Waals surface area contributed by atoms with Gasteiger partial charge in [0.2, 0.25) is 0 Å². The maximum atomic E-state index is 13.3. The number of thiazole rings is 2. The Morgan fingerprint density at radius 3 is 2.65 bits per heavy atom. The molecule has 34 heavy (non-hydrogen) atoms. The van der Waals surface area contributed by atoms with E-state index in [0.29, 0.717) is 53.5 Å². The van der Waals surface area contributed by atoms with E-state index in [9.17, 15) is 14.1 Å². The van der Waals surface area contributed by atoms with Crippen LogP contribution in [0.15, 0.2) is 46.2 Å². The summed E-state index contributed by atoms with van der Waals surface area (Å²) in [6.45, 7) is 5.26. The number of anilines is 1. The Bertz CT molecular complexity index is 1370. The fourth-order valence-corrected chi connectivity index (χ4v) is 7.26. The fourth-order valence-electron chi connectivity index (χ4n) is 4.63. The van der Waals surface area contributed by atoms with Crippen LogP contribution in [-0.4, -0.2) is 48.8 Å². The minimum Gasteiger partial charge on any atom is -0.390 e. The lowest BCUT2D eigenvalue weighted by molar-refractivity contribution is -0.0310. The number of hydrogen-bond acceptors (Lipinski definition) is 7. The fraction of sp³-hybridized carbons (Fsp3) is 0.375. The number of benzene rings is 2. The van der Waals surface area contributed by atoms with E-state index in [1.54, 1.807) is 28.1 Å². The second kappa shape index (κ2) is 9.33. The lowest BCUT2D eigenvalue weighted by Gasteiger charge is -2.39. The van der Waals surface area contributed by atoms with Gasteiger partial charge in [-0.25, -0.2) is 14.2 Å². The van der Waals surface area contributed by atoms with Gasteiger partial charge in [-0.2, -0.15) is 0 Å². The number of nitrogens with zero attached hydrogens (tertiary/aromatic N) is 3. The Labute approximate surface area is 208 Å². The molecule has 7 nitrogen and oxygen atoms in total. The lowest BCUT2D eigenvalue weighted by atomic mass is 9.84. The van der Waals surface area contributed by atoms with Gasteiger partial charge >= 0.3 is 0 Å². The van der Waals surface area contributed by atoms with Crippen molar-refractivity contribution >= 4 is 65.7 Å². The monoisotopic (exact) mass is 514 g/mol. The summed E-state index contributed by atoms with van der Waals surface area (Å²) in [5.41, 5.74) is 5.29. The van der Waals surface area contributed by atoms with E-state index in [-0.39, 0.29) is 5.91 Å². The topological polar surface area (TPSA) is 95.4 Å². The number of carbonyl (C=O) groups excluding carboxylic acids is 1. The Kier molecular flexibility index (Phi) is 6.41. The molecule has 2 aromatic carbocycles. The smallest absolute Gasteiger partial charge is 0.256 e. The lowest BCUT2D eigenvalue weighted by Crippen LogP contribution is -2.47. The van der Waals surface area contributed by atoms with Crippen molar-refractivity contribution in [1.82, 2.24) is 14.9 Å². The van der Waals surface area contributed by atoms with E-state index in [1.807, 2.05) is 18.2 Å². The van der Waals surface area contributed by atoms with Gasteiger partial charge < -0.3 is 10.0 Å². The van der Waals surface area contributed by atoms with Crippen LogP contribution >= 0.6 is 22.7 Å². The molecule has 4 aromatic rings. The summed E-state index contributed by atoms with van der Waals surface area (Å²) >= 11 is 2.92. The van der Waals surface area contributed by atoms with Crippen LogP contribution in [0.5, 0.6) is 0 Å². The highest BCUT2D eigenvalue weighted by molar-refractivity contribution is 7.86. The molecule has 1 unspecified atom stereocenters. The molecule has 1 fully saturated rings. The molecule has 0 bridgehead atoms. The van der Waals surface area contributed by atoms with Crippen molar-refractivity contribution in [2.45, 2.75) is 43.6 Å². The normalized spacial score (nSPS) is 16.9. The van der Waals surface area contributed by atoms with E-state index in [2.05, 4.69) is 28.5 Å². The van der Waals surface area contributed by atoms with Gasteiger partial charge in [0.15, 0.2) is 11.0 Å². The molecule has 10 heteroatoms. The van der Waals surface area contributed by atoms with E-state index in [1.165, 1.54) is 22.7 Å². The highest BCUT2D eigenvalue weighted by atomic mass is 32.2. The van der Waals surface area contributed by atoms with Crippen molar-refractivity contribution in [3.63, 3.8) is 0 Å². The van der Waals surface area contributed by atoms with Gasteiger partial charge in [0.05, 0.1) is 53.2 Å². The standard InChI is InChI=1S/C24H26N4O3S3/c1-15(2)12-24(30)8-10-28(11-9-24)23(29)16-6-7-17(22-20(16)25-14-33-22)27-34(31)19-5-3-4-18-21(19)26-13-32-18/h3-7,13-15,27,30H,8-12H2,1-2H3. The first-order valence-electron chi connectivity index (χ1n) is 11.2. The van der Waals surface area contributed by atoms with Gasteiger partial charge in [0, 0.05) is 13.1 Å². The number of carbonyl (C=O) groups is 1. The van der Waals surface area contributed by atoms with Gasteiger partial charge in [0.1, 0.15) is 0 Å². The molecule has 1 atom stereocenters. The quantitative estimate of drug-likeness (QED) is 0.375. The second-order valence-electron chi connectivity index (χ2n) is 9.13. The first kappa shape index (κ1) is 23.3.